The van der Waals surface area contributed by atoms with Gasteiger partial charge >= 0.3 is 0 Å². The SMILES string of the molecule is Fc1ccc(/C=N/Nc2nnc(-c3cccnc3)s2)cc1. The van der Waals surface area contributed by atoms with E-state index in [9.17, 15) is 4.39 Å². The smallest absolute Gasteiger partial charge is 0.226 e. The van der Waals surface area contributed by atoms with E-state index in [2.05, 4.69) is 25.7 Å². The van der Waals surface area contributed by atoms with E-state index in [1.165, 1.54) is 23.5 Å². The van der Waals surface area contributed by atoms with Crippen LogP contribution in [0.25, 0.3) is 10.6 Å². The van der Waals surface area contributed by atoms with Crippen LogP contribution in [0.2, 0.25) is 0 Å². The number of hydrazone groups is 1. The standard InChI is InChI=1S/C14H10FN5S/c15-12-5-3-10(4-6-12)8-17-19-14-20-18-13(21-14)11-2-1-7-16-9-11/h1-9H,(H,19,20)/b17-8+. The summed E-state index contributed by atoms with van der Waals surface area (Å²) in [6, 6.07) is 9.80. The molecule has 0 aliphatic carbocycles. The van der Waals surface area contributed by atoms with Gasteiger partial charge in [0.2, 0.25) is 5.13 Å². The molecule has 5 nitrogen and oxygen atoms in total. The van der Waals surface area contributed by atoms with Crippen molar-refractivity contribution in [2.45, 2.75) is 0 Å². The van der Waals surface area contributed by atoms with Crippen LogP contribution in [0, 0.1) is 5.82 Å². The lowest BCUT2D eigenvalue weighted by Crippen LogP contribution is -1.90. The number of pyridine rings is 1. The van der Waals surface area contributed by atoms with Crippen LogP contribution < -0.4 is 5.43 Å². The Hall–Kier alpha value is -2.67. The fraction of sp³-hybridized carbons (Fsp3) is 0. The van der Waals surface area contributed by atoms with Crippen LogP contribution in [0.1, 0.15) is 5.56 Å². The summed E-state index contributed by atoms with van der Waals surface area (Å²) in [5.41, 5.74) is 4.50. The van der Waals surface area contributed by atoms with Crippen molar-refractivity contribution >= 4 is 22.7 Å². The van der Waals surface area contributed by atoms with Crippen LogP contribution in [0.5, 0.6) is 0 Å². The largest absolute Gasteiger partial charge is 0.264 e. The molecule has 0 fully saturated rings. The van der Waals surface area contributed by atoms with E-state index >= 15 is 0 Å². The Morgan fingerprint density at radius 1 is 1.14 bits per heavy atom. The molecule has 0 saturated heterocycles. The second kappa shape index (κ2) is 6.19. The number of aromatic nitrogens is 3. The van der Waals surface area contributed by atoms with Gasteiger partial charge in [0.05, 0.1) is 6.21 Å². The maximum absolute atomic E-state index is 12.8. The minimum atomic E-state index is -0.273. The molecule has 3 rings (SSSR count). The van der Waals surface area contributed by atoms with Crippen molar-refractivity contribution in [2.24, 2.45) is 5.10 Å². The van der Waals surface area contributed by atoms with Crippen molar-refractivity contribution in [2.75, 3.05) is 5.43 Å². The molecule has 2 aromatic heterocycles. The lowest BCUT2D eigenvalue weighted by Gasteiger charge is -1.94. The Morgan fingerprint density at radius 2 is 2.00 bits per heavy atom. The Balaban J connectivity index is 1.66. The van der Waals surface area contributed by atoms with Crippen LogP contribution >= 0.6 is 11.3 Å². The molecular weight excluding hydrogens is 289 g/mol. The first-order valence-corrected chi connectivity index (χ1v) is 6.91. The summed E-state index contributed by atoms with van der Waals surface area (Å²) in [5.74, 6) is -0.273. The first kappa shape index (κ1) is 13.3. The van der Waals surface area contributed by atoms with E-state index in [1.807, 2.05) is 12.1 Å². The maximum atomic E-state index is 12.8. The number of hydrogen-bond acceptors (Lipinski definition) is 6. The molecule has 7 heteroatoms. The average molecular weight is 299 g/mol. The molecule has 0 aliphatic heterocycles. The predicted molar refractivity (Wildman–Crippen MR) is 80.8 cm³/mol. The first-order valence-electron chi connectivity index (χ1n) is 6.10. The summed E-state index contributed by atoms with van der Waals surface area (Å²) < 4.78 is 12.8. The number of rotatable bonds is 4. The highest BCUT2D eigenvalue weighted by atomic mass is 32.1. The van der Waals surface area contributed by atoms with E-state index in [0.29, 0.717) is 5.13 Å². The molecule has 0 atom stereocenters. The Morgan fingerprint density at radius 3 is 2.76 bits per heavy atom. The van der Waals surface area contributed by atoms with Crippen molar-refractivity contribution < 1.29 is 4.39 Å². The van der Waals surface area contributed by atoms with Crippen molar-refractivity contribution in [1.29, 1.82) is 0 Å². The number of anilines is 1. The molecule has 0 spiro atoms. The third-order valence-electron chi connectivity index (χ3n) is 2.58. The zero-order valence-electron chi connectivity index (χ0n) is 10.8. The third kappa shape index (κ3) is 3.46. The van der Waals surface area contributed by atoms with E-state index < -0.39 is 0 Å². The van der Waals surface area contributed by atoms with E-state index in [0.717, 1.165) is 16.1 Å². The molecule has 0 saturated carbocycles. The molecule has 0 aliphatic rings. The monoisotopic (exact) mass is 299 g/mol. The molecular formula is C14H10FN5S. The minimum Gasteiger partial charge on any atom is -0.264 e. The summed E-state index contributed by atoms with van der Waals surface area (Å²) in [4.78, 5) is 4.04. The first-order chi connectivity index (χ1) is 10.3. The van der Waals surface area contributed by atoms with Gasteiger partial charge in [-0.15, -0.1) is 10.2 Å². The van der Waals surface area contributed by atoms with Gasteiger partial charge in [0.1, 0.15) is 5.82 Å². The number of halogens is 1. The van der Waals surface area contributed by atoms with Gasteiger partial charge in [0, 0.05) is 18.0 Å². The molecule has 104 valence electrons. The maximum Gasteiger partial charge on any atom is 0.226 e. The summed E-state index contributed by atoms with van der Waals surface area (Å²) in [6.07, 6.45) is 5.02. The lowest BCUT2D eigenvalue weighted by atomic mass is 10.2. The second-order valence-electron chi connectivity index (χ2n) is 4.08. The van der Waals surface area contributed by atoms with Crippen molar-refractivity contribution in [3.05, 3.63) is 60.2 Å². The van der Waals surface area contributed by atoms with E-state index in [-0.39, 0.29) is 5.82 Å². The molecule has 0 radical (unpaired) electrons. The lowest BCUT2D eigenvalue weighted by molar-refractivity contribution is 0.628. The number of benzene rings is 1. The van der Waals surface area contributed by atoms with Gasteiger partial charge in [0.25, 0.3) is 0 Å². The van der Waals surface area contributed by atoms with Crippen molar-refractivity contribution in [1.82, 2.24) is 15.2 Å². The Kier molecular flexibility index (Phi) is 3.92. The summed E-state index contributed by atoms with van der Waals surface area (Å²) >= 11 is 1.38. The van der Waals surface area contributed by atoms with Gasteiger partial charge in [0.15, 0.2) is 5.01 Å². The van der Waals surface area contributed by atoms with Crippen LogP contribution in [0.15, 0.2) is 53.9 Å². The van der Waals surface area contributed by atoms with Gasteiger partial charge in [-0.25, -0.2) is 4.39 Å². The van der Waals surface area contributed by atoms with Crippen molar-refractivity contribution in [3.63, 3.8) is 0 Å². The number of hydrogen-bond donors (Lipinski definition) is 1. The molecule has 21 heavy (non-hydrogen) atoms. The molecule has 0 amide bonds. The fourth-order valence-electron chi connectivity index (χ4n) is 1.59. The quantitative estimate of drug-likeness (QED) is 0.593. The molecule has 0 unspecified atom stereocenters. The summed E-state index contributed by atoms with van der Waals surface area (Å²) in [7, 11) is 0. The Bertz CT molecular complexity index is 740. The topological polar surface area (TPSA) is 63.1 Å². The average Bonchev–Trinajstić information content (AvgIpc) is 2.99. The number of nitrogens with one attached hydrogen (secondary N) is 1. The van der Waals surface area contributed by atoms with E-state index in [4.69, 9.17) is 0 Å². The molecule has 3 aromatic rings. The van der Waals surface area contributed by atoms with Crippen molar-refractivity contribution in [3.8, 4) is 10.6 Å². The fourth-order valence-corrected chi connectivity index (χ4v) is 2.27. The van der Waals surface area contributed by atoms with Gasteiger partial charge < -0.3 is 0 Å². The third-order valence-corrected chi connectivity index (χ3v) is 3.45. The molecule has 1 aromatic carbocycles. The highest BCUT2D eigenvalue weighted by Crippen LogP contribution is 2.25. The highest BCUT2D eigenvalue weighted by molar-refractivity contribution is 7.18. The Labute approximate surface area is 124 Å². The van der Waals surface area contributed by atoms with Gasteiger partial charge in [-0.1, -0.05) is 23.5 Å². The predicted octanol–water partition coefficient (Wildman–Crippen LogP) is 3.19. The van der Waals surface area contributed by atoms with Crippen LogP contribution in [-0.4, -0.2) is 21.4 Å². The zero-order chi connectivity index (χ0) is 14.5. The number of nitrogens with zero attached hydrogens (tertiary/aromatic N) is 4. The summed E-state index contributed by atoms with van der Waals surface area (Å²) in [6.45, 7) is 0. The van der Waals surface area contributed by atoms with Gasteiger partial charge in [-0.2, -0.15) is 5.10 Å². The van der Waals surface area contributed by atoms with Gasteiger partial charge in [-0.3, -0.25) is 10.4 Å². The van der Waals surface area contributed by atoms with Crippen LogP contribution in [-0.2, 0) is 0 Å². The molecule has 1 N–H and O–H groups in total. The van der Waals surface area contributed by atoms with Gasteiger partial charge in [-0.05, 0) is 29.8 Å². The second-order valence-corrected chi connectivity index (χ2v) is 5.05. The van der Waals surface area contributed by atoms with Crippen LogP contribution in [0.4, 0.5) is 9.52 Å². The normalized spacial score (nSPS) is 10.9. The van der Waals surface area contributed by atoms with E-state index in [1.54, 1.807) is 30.7 Å². The zero-order valence-corrected chi connectivity index (χ0v) is 11.6. The summed E-state index contributed by atoms with van der Waals surface area (Å²) in [5, 5.41) is 13.4. The molecule has 0 bridgehead atoms. The minimum absolute atomic E-state index is 0.273. The molecule has 2 heterocycles. The highest BCUT2D eigenvalue weighted by Gasteiger charge is 2.05. The van der Waals surface area contributed by atoms with Crippen LogP contribution in [0.3, 0.4) is 0 Å².